The molecule has 0 saturated carbocycles. The van der Waals surface area contributed by atoms with Crippen molar-refractivity contribution in [2.24, 2.45) is 23.5 Å². The fourth-order valence-corrected chi connectivity index (χ4v) is 8.16. The summed E-state index contributed by atoms with van der Waals surface area (Å²) >= 11 is 0. The van der Waals surface area contributed by atoms with Gasteiger partial charge < -0.3 is 50.4 Å². The van der Waals surface area contributed by atoms with Crippen molar-refractivity contribution in [1.82, 2.24) is 25.3 Å². The number of nitrogens with one attached hydrogen (secondary N) is 2. The number of amides is 5. The lowest BCUT2D eigenvalue weighted by Gasteiger charge is -2.41. The third-order valence-electron chi connectivity index (χ3n) is 12.7. The Kier molecular flexibility index (Phi) is 21.5. The maximum absolute atomic E-state index is 14.5. The van der Waals surface area contributed by atoms with E-state index in [4.69, 9.17) is 19.9 Å². The summed E-state index contributed by atoms with van der Waals surface area (Å²) in [7, 11) is 6.22. The molecule has 16 heteroatoms. The number of benzene rings is 1. The Hall–Kier alpha value is -4.12. The summed E-state index contributed by atoms with van der Waals surface area (Å²) in [6.07, 6.45) is 1.08. The minimum Gasteiger partial charge on any atom is -0.480 e. The van der Waals surface area contributed by atoms with Crippen LogP contribution < -0.4 is 16.4 Å². The van der Waals surface area contributed by atoms with E-state index in [1.165, 1.54) is 19.1 Å². The third-order valence-corrected chi connectivity index (χ3v) is 12.7. The molecule has 1 heterocycles. The van der Waals surface area contributed by atoms with Crippen LogP contribution in [-0.4, -0.2) is 151 Å². The van der Waals surface area contributed by atoms with Crippen LogP contribution in [0.15, 0.2) is 30.3 Å². The molecule has 352 valence electrons. The van der Waals surface area contributed by atoms with Crippen LogP contribution in [0.4, 0.5) is 0 Å². The van der Waals surface area contributed by atoms with Crippen LogP contribution in [-0.2, 0) is 49.4 Å². The average Bonchev–Trinajstić information content (AvgIpc) is 3.72. The van der Waals surface area contributed by atoms with Crippen molar-refractivity contribution in [3.05, 3.63) is 35.9 Å². The normalized spacial score (nSPS) is 17.9. The number of aliphatic carboxylic acids is 1. The quantitative estimate of drug-likeness (QED) is 0.106. The molecule has 1 aromatic rings. The fraction of sp³-hybridized carbons (Fsp3) is 0.739. The molecule has 0 aromatic heterocycles. The molecule has 1 saturated heterocycles. The minimum absolute atomic E-state index is 0.0679. The molecular weight excluding hydrogens is 797 g/mol. The van der Waals surface area contributed by atoms with Crippen molar-refractivity contribution in [3.8, 4) is 0 Å². The van der Waals surface area contributed by atoms with E-state index >= 15 is 0 Å². The molecule has 0 aliphatic carbocycles. The van der Waals surface area contributed by atoms with E-state index < -0.39 is 71.2 Å². The van der Waals surface area contributed by atoms with Crippen LogP contribution in [0.3, 0.4) is 0 Å². The molecule has 1 aliphatic heterocycles. The molecule has 62 heavy (non-hydrogen) atoms. The topological polar surface area (TPSA) is 210 Å². The second-order valence-corrected chi connectivity index (χ2v) is 18.3. The van der Waals surface area contributed by atoms with Gasteiger partial charge in [-0.2, -0.15) is 0 Å². The Morgan fingerprint density at radius 3 is 2.13 bits per heavy atom. The van der Waals surface area contributed by atoms with E-state index in [0.717, 1.165) is 5.56 Å². The van der Waals surface area contributed by atoms with E-state index in [1.54, 1.807) is 56.8 Å². The minimum atomic E-state index is -1.30. The zero-order chi connectivity index (χ0) is 47.1. The van der Waals surface area contributed by atoms with E-state index in [-0.39, 0.29) is 48.8 Å². The first-order valence-corrected chi connectivity index (χ1v) is 22.1. The van der Waals surface area contributed by atoms with Crippen molar-refractivity contribution in [3.63, 3.8) is 0 Å². The highest BCUT2D eigenvalue weighted by Gasteiger charge is 2.44. The van der Waals surface area contributed by atoms with Crippen LogP contribution in [0, 0.1) is 17.8 Å². The van der Waals surface area contributed by atoms with Gasteiger partial charge >= 0.3 is 5.97 Å². The highest BCUT2D eigenvalue weighted by atomic mass is 16.5. The maximum Gasteiger partial charge on any atom is 0.326 e. The van der Waals surface area contributed by atoms with Gasteiger partial charge in [-0.15, -0.1) is 0 Å². The van der Waals surface area contributed by atoms with Gasteiger partial charge in [-0.05, 0) is 64.4 Å². The summed E-state index contributed by atoms with van der Waals surface area (Å²) in [5.41, 5.74) is 4.48. The lowest BCUT2D eigenvalue weighted by atomic mass is 9.89. The van der Waals surface area contributed by atoms with Gasteiger partial charge in [0, 0.05) is 54.2 Å². The summed E-state index contributed by atoms with van der Waals surface area (Å²) in [5.74, 6) is -4.21. The van der Waals surface area contributed by atoms with Gasteiger partial charge in [-0.3, -0.25) is 24.0 Å². The summed E-state index contributed by atoms with van der Waals surface area (Å²) in [6.45, 7) is 17.5. The smallest absolute Gasteiger partial charge is 0.326 e. The first kappa shape index (κ1) is 54.0. The van der Waals surface area contributed by atoms with Gasteiger partial charge in [0.2, 0.25) is 29.5 Å². The zero-order valence-electron chi connectivity index (χ0n) is 39.7. The predicted molar refractivity (Wildman–Crippen MR) is 238 cm³/mol. The number of carbonyl (C=O) groups is 6. The van der Waals surface area contributed by atoms with Crippen molar-refractivity contribution in [2.45, 2.75) is 155 Å². The highest BCUT2D eigenvalue weighted by Crippen LogP contribution is 2.30. The Morgan fingerprint density at radius 2 is 1.60 bits per heavy atom. The fourth-order valence-electron chi connectivity index (χ4n) is 8.16. The molecule has 5 N–H and O–H groups in total. The van der Waals surface area contributed by atoms with Crippen LogP contribution in [0.25, 0.3) is 0 Å². The van der Waals surface area contributed by atoms with Crippen molar-refractivity contribution in [1.29, 1.82) is 0 Å². The first-order valence-electron chi connectivity index (χ1n) is 22.1. The summed E-state index contributed by atoms with van der Waals surface area (Å²) in [5, 5.41) is 15.5. The predicted octanol–water partition coefficient (Wildman–Crippen LogP) is 3.63. The number of hydrogen-bond acceptors (Lipinski definition) is 10. The van der Waals surface area contributed by atoms with E-state index in [9.17, 15) is 33.9 Å². The number of carboxylic acid groups (broad SMARTS) is 1. The van der Waals surface area contributed by atoms with Crippen LogP contribution >= 0.6 is 0 Å². The number of carboxylic acids is 1. The molecule has 8 atom stereocenters. The summed E-state index contributed by atoms with van der Waals surface area (Å²) in [4.78, 5) is 86.4. The molecule has 1 aliphatic rings. The summed E-state index contributed by atoms with van der Waals surface area (Å²) in [6, 6.07) is 5.92. The Balaban J connectivity index is 2.26. The molecule has 0 unspecified atom stereocenters. The van der Waals surface area contributed by atoms with E-state index in [2.05, 4.69) is 10.6 Å². The van der Waals surface area contributed by atoms with Crippen molar-refractivity contribution in [2.75, 3.05) is 48.0 Å². The number of nitrogens with two attached hydrogens (primary N) is 1. The lowest BCUT2D eigenvalue weighted by molar-refractivity contribution is -0.150. The Morgan fingerprint density at radius 1 is 0.968 bits per heavy atom. The number of ether oxygens (including phenoxy) is 3. The van der Waals surface area contributed by atoms with Crippen LogP contribution in [0.1, 0.15) is 106 Å². The second kappa shape index (κ2) is 24.7. The molecule has 1 aromatic carbocycles. The number of hydrogen-bond donors (Lipinski definition) is 4. The molecular formula is C46H78N6O10. The Labute approximate surface area is 370 Å². The van der Waals surface area contributed by atoms with Gasteiger partial charge in [-0.25, -0.2) is 4.79 Å². The molecule has 2 rings (SSSR count). The second-order valence-electron chi connectivity index (χ2n) is 18.3. The lowest BCUT2D eigenvalue weighted by Crippen LogP contribution is -2.62. The maximum atomic E-state index is 14.5. The number of methoxy groups -OCH3 is 2. The monoisotopic (exact) mass is 875 g/mol. The molecule has 0 spiro atoms. The highest BCUT2D eigenvalue weighted by molar-refractivity contribution is 5.94. The van der Waals surface area contributed by atoms with Crippen LogP contribution in [0.2, 0.25) is 0 Å². The van der Waals surface area contributed by atoms with Crippen molar-refractivity contribution < 1.29 is 48.1 Å². The number of likely N-dealkylation sites (N-methyl/N-ethyl adjacent to an activating group) is 2. The van der Waals surface area contributed by atoms with Gasteiger partial charge in [0.15, 0.2) is 0 Å². The largest absolute Gasteiger partial charge is 0.480 e. The number of carbonyl (C=O) groups excluding carboxylic acids is 5. The summed E-state index contributed by atoms with van der Waals surface area (Å²) < 4.78 is 17.7. The average molecular weight is 875 g/mol. The number of nitrogens with zero attached hydrogens (tertiary/aromatic N) is 3. The van der Waals surface area contributed by atoms with Gasteiger partial charge in [-0.1, -0.05) is 71.4 Å². The number of rotatable bonds is 26. The molecule has 5 amide bonds. The SMILES string of the molecule is CC[C@H](C)[C@@H]([C@@H](CC(=O)N1CCC[C@H]1[C@H](OC)[C@@H](C)C(=O)N[C@@H](Cc1ccccc1)C(=O)O)OC)N(C)C(=O)[C@@H](NC(=O)C(C)(C)N(C)C(=O)CCC(C)(C)OCCN)C(C)C. The molecule has 16 nitrogen and oxygen atoms in total. The van der Waals surface area contributed by atoms with E-state index in [1.807, 2.05) is 59.7 Å². The van der Waals surface area contributed by atoms with Gasteiger partial charge in [0.05, 0.1) is 48.8 Å². The molecule has 0 bridgehead atoms. The van der Waals surface area contributed by atoms with E-state index in [0.29, 0.717) is 45.4 Å². The zero-order valence-corrected chi connectivity index (χ0v) is 39.7. The van der Waals surface area contributed by atoms with Gasteiger partial charge in [0.25, 0.3) is 0 Å². The van der Waals surface area contributed by atoms with Gasteiger partial charge in [0.1, 0.15) is 17.6 Å². The molecule has 0 radical (unpaired) electrons. The van der Waals surface area contributed by atoms with Crippen molar-refractivity contribution >= 4 is 35.5 Å². The molecule has 1 fully saturated rings. The number of likely N-dealkylation sites (tertiary alicyclic amines) is 1. The Bertz CT molecular complexity index is 1620. The first-order chi connectivity index (χ1) is 29.0. The standard InChI is InChI=1S/C46H78N6O10/c1-14-30(4)39(50(10)42(56)38(29(2)3)49-44(59)46(8,9)51(11)36(53)22-23-45(6,7)62-26-24-47)35(60-12)28-37(54)52-25-18-21-34(52)40(61-13)31(5)41(55)48-33(43(57)58)27-32-19-16-15-17-20-32/h15-17,19-20,29-31,33-35,38-40H,14,18,21-28,47H2,1-13H3,(H,48,55)(H,49,59)(H,57,58)/t30-,31+,33-,34-,35+,38-,39-,40+/m0/s1. The third kappa shape index (κ3) is 14.7. The van der Waals surface area contributed by atoms with Crippen LogP contribution in [0.5, 0.6) is 0 Å².